The maximum atomic E-state index is 8.73. The molecule has 4 nitrogen and oxygen atoms in total. The van der Waals surface area contributed by atoms with E-state index in [1.54, 1.807) is 17.7 Å². The number of aliphatic hydroxyl groups is 1. The van der Waals surface area contributed by atoms with Crippen molar-refractivity contribution in [2.75, 3.05) is 25.1 Å². The number of anilines is 1. The van der Waals surface area contributed by atoms with Gasteiger partial charge in [-0.15, -0.1) is 11.3 Å². The van der Waals surface area contributed by atoms with E-state index in [9.17, 15) is 0 Å². The van der Waals surface area contributed by atoms with Crippen LogP contribution >= 0.6 is 11.3 Å². The van der Waals surface area contributed by atoms with Crippen molar-refractivity contribution in [3.63, 3.8) is 0 Å². The van der Waals surface area contributed by atoms with Gasteiger partial charge in [-0.05, 0) is 30.7 Å². The van der Waals surface area contributed by atoms with E-state index in [1.165, 1.54) is 0 Å². The van der Waals surface area contributed by atoms with Crippen molar-refractivity contribution >= 4 is 27.4 Å². The van der Waals surface area contributed by atoms with Gasteiger partial charge in [0, 0.05) is 20.2 Å². The first-order valence-corrected chi connectivity index (χ1v) is 6.71. The molecule has 0 radical (unpaired) electrons. The molecule has 0 bridgehead atoms. The normalized spacial score (nSPS) is 10.9. The van der Waals surface area contributed by atoms with Crippen LogP contribution < -0.4 is 4.90 Å². The molecule has 1 N–H and O–H groups in total. The molecule has 0 unspecified atom stereocenters. The zero-order valence-electron chi connectivity index (χ0n) is 9.96. The first-order chi connectivity index (χ1) is 8.33. The number of hydrogen-bond acceptors (Lipinski definition) is 5. The topological polar surface area (TPSA) is 49.2 Å². The second-order valence-electron chi connectivity index (χ2n) is 4.04. The Morgan fingerprint density at radius 2 is 2.18 bits per heavy atom. The van der Waals surface area contributed by atoms with Crippen molar-refractivity contribution < 1.29 is 5.11 Å². The summed E-state index contributed by atoms with van der Waals surface area (Å²) in [7, 11) is 2.06. The van der Waals surface area contributed by atoms with E-state index < -0.39 is 0 Å². The van der Waals surface area contributed by atoms with Crippen LogP contribution in [0.5, 0.6) is 0 Å². The molecule has 0 aromatic carbocycles. The molecule has 0 spiro atoms. The quantitative estimate of drug-likeness (QED) is 0.800. The Morgan fingerprint density at radius 1 is 1.29 bits per heavy atom. The molecule has 5 heteroatoms. The van der Waals surface area contributed by atoms with Crippen molar-refractivity contribution in [3.8, 4) is 0 Å². The lowest BCUT2D eigenvalue weighted by Crippen LogP contribution is -2.19. The number of hydrogen-bond donors (Lipinski definition) is 1. The number of aliphatic hydroxyl groups excluding tert-OH is 1. The minimum Gasteiger partial charge on any atom is -0.396 e. The van der Waals surface area contributed by atoms with Crippen molar-refractivity contribution in [2.45, 2.75) is 19.3 Å². The summed E-state index contributed by atoms with van der Waals surface area (Å²) >= 11 is 1.68. The molecule has 0 saturated carbocycles. The molecule has 92 valence electrons. The monoisotopic (exact) mass is 251 g/mol. The van der Waals surface area contributed by atoms with Crippen molar-refractivity contribution in [1.29, 1.82) is 0 Å². The minimum absolute atomic E-state index is 0.284. The number of unbranched alkanes of at least 4 members (excludes halogenated alkanes) is 2. The molecule has 2 aromatic rings. The zero-order valence-corrected chi connectivity index (χ0v) is 10.8. The maximum absolute atomic E-state index is 8.73. The highest BCUT2D eigenvalue weighted by molar-refractivity contribution is 7.17. The first kappa shape index (κ1) is 12.3. The van der Waals surface area contributed by atoms with Crippen LogP contribution in [0.1, 0.15) is 19.3 Å². The third-order valence-electron chi connectivity index (χ3n) is 2.74. The van der Waals surface area contributed by atoms with Crippen LogP contribution in [0.25, 0.3) is 10.2 Å². The van der Waals surface area contributed by atoms with Crippen LogP contribution in [-0.4, -0.2) is 35.3 Å². The van der Waals surface area contributed by atoms with E-state index in [4.69, 9.17) is 5.11 Å². The van der Waals surface area contributed by atoms with E-state index >= 15 is 0 Å². The highest BCUT2D eigenvalue weighted by Gasteiger charge is 2.08. The van der Waals surface area contributed by atoms with Crippen LogP contribution in [0, 0.1) is 0 Å². The van der Waals surface area contributed by atoms with Crippen LogP contribution in [0.4, 0.5) is 5.82 Å². The van der Waals surface area contributed by atoms with Crippen LogP contribution in [-0.2, 0) is 0 Å². The summed E-state index contributed by atoms with van der Waals surface area (Å²) in [6, 6.07) is 2.02. The van der Waals surface area contributed by atoms with Gasteiger partial charge in [0.15, 0.2) is 0 Å². The Labute approximate surface area is 105 Å². The molecule has 0 saturated heterocycles. The number of thiophene rings is 1. The summed E-state index contributed by atoms with van der Waals surface area (Å²) in [4.78, 5) is 10.8. The van der Waals surface area contributed by atoms with Gasteiger partial charge < -0.3 is 10.0 Å². The van der Waals surface area contributed by atoms with Crippen LogP contribution in [0.3, 0.4) is 0 Å². The fraction of sp³-hybridized carbons (Fsp3) is 0.500. The van der Waals surface area contributed by atoms with Crippen molar-refractivity contribution in [2.24, 2.45) is 0 Å². The largest absolute Gasteiger partial charge is 0.396 e. The molecule has 0 aliphatic carbocycles. The fourth-order valence-electron chi connectivity index (χ4n) is 1.79. The molecule has 2 heterocycles. The van der Waals surface area contributed by atoms with Crippen LogP contribution in [0.2, 0.25) is 0 Å². The predicted octanol–water partition coefficient (Wildman–Crippen LogP) is 2.29. The Morgan fingerprint density at radius 3 is 3.00 bits per heavy atom. The van der Waals surface area contributed by atoms with Crippen molar-refractivity contribution in [3.05, 3.63) is 17.8 Å². The first-order valence-electron chi connectivity index (χ1n) is 5.83. The predicted molar refractivity (Wildman–Crippen MR) is 71.6 cm³/mol. The van der Waals surface area contributed by atoms with Gasteiger partial charge in [0.05, 0.1) is 10.2 Å². The Balaban J connectivity index is 2.03. The van der Waals surface area contributed by atoms with Gasteiger partial charge in [0.25, 0.3) is 0 Å². The maximum Gasteiger partial charge on any atom is 0.149 e. The lowest BCUT2D eigenvalue weighted by molar-refractivity contribution is 0.283. The van der Waals surface area contributed by atoms with Crippen molar-refractivity contribution in [1.82, 2.24) is 9.97 Å². The second-order valence-corrected chi connectivity index (χ2v) is 4.95. The smallest absolute Gasteiger partial charge is 0.149 e. The van der Waals surface area contributed by atoms with E-state index in [1.807, 2.05) is 11.4 Å². The SMILES string of the molecule is CN(CCCCCO)c1ncnc2ccsc12. The van der Waals surface area contributed by atoms with Gasteiger partial charge >= 0.3 is 0 Å². The molecular formula is C12H17N3OS. The van der Waals surface area contributed by atoms with E-state index in [0.717, 1.165) is 41.8 Å². The molecule has 0 amide bonds. The van der Waals surface area contributed by atoms with Crippen LogP contribution in [0.15, 0.2) is 17.8 Å². The van der Waals surface area contributed by atoms with Gasteiger partial charge in [0.1, 0.15) is 12.1 Å². The molecule has 0 aliphatic heterocycles. The van der Waals surface area contributed by atoms with Gasteiger partial charge in [0.2, 0.25) is 0 Å². The third-order valence-corrected chi connectivity index (χ3v) is 3.64. The number of fused-ring (bicyclic) bond motifs is 1. The summed E-state index contributed by atoms with van der Waals surface area (Å²) in [6.07, 6.45) is 4.63. The molecule has 0 aliphatic rings. The third kappa shape index (κ3) is 2.92. The number of rotatable bonds is 6. The minimum atomic E-state index is 0.284. The summed E-state index contributed by atoms with van der Waals surface area (Å²) in [5, 5.41) is 10.8. The Kier molecular flexibility index (Phi) is 4.28. The van der Waals surface area contributed by atoms with Gasteiger partial charge in [-0.1, -0.05) is 0 Å². The summed E-state index contributed by atoms with van der Waals surface area (Å²) in [5.74, 6) is 1.01. The summed E-state index contributed by atoms with van der Waals surface area (Å²) < 4.78 is 1.15. The molecule has 17 heavy (non-hydrogen) atoms. The number of aromatic nitrogens is 2. The van der Waals surface area contributed by atoms with E-state index in [2.05, 4.69) is 21.9 Å². The fourth-order valence-corrected chi connectivity index (χ4v) is 2.68. The van der Waals surface area contributed by atoms with Gasteiger partial charge in [-0.2, -0.15) is 0 Å². The highest BCUT2D eigenvalue weighted by atomic mass is 32.1. The van der Waals surface area contributed by atoms with E-state index in [-0.39, 0.29) is 6.61 Å². The lowest BCUT2D eigenvalue weighted by atomic mass is 10.2. The lowest BCUT2D eigenvalue weighted by Gasteiger charge is -2.18. The molecule has 0 atom stereocenters. The molecular weight excluding hydrogens is 234 g/mol. The van der Waals surface area contributed by atoms with E-state index in [0.29, 0.717) is 0 Å². The molecule has 0 fully saturated rings. The van der Waals surface area contributed by atoms with Gasteiger partial charge in [-0.3, -0.25) is 0 Å². The van der Waals surface area contributed by atoms with Gasteiger partial charge in [-0.25, -0.2) is 9.97 Å². The average molecular weight is 251 g/mol. The Hall–Kier alpha value is -1.20. The standard InChI is InChI=1S/C12H17N3OS/c1-15(6-3-2-4-7-16)12-11-10(5-8-17-11)13-9-14-12/h5,8-9,16H,2-4,6-7H2,1H3. The summed E-state index contributed by atoms with van der Waals surface area (Å²) in [6.45, 7) is 1.25. The second kappa shape index (κ2) is 5.93. The molecule has 2 rings (SSSR count). The molecule has 2 aromatic heterocycles. The zero-order chi connectivity index (χ0) is 12.1. The Bertz CT molecular complexity index is 471. The summed E-state index contributed by atoms with van der Waals surface area (Å²) in [5.41, 5.74) is 1.02. The highest BCUT2D eigenvalue weighted by Crippen LogP contribution is 2.27. The number of nitrogens with zero attached hydrogens (tertiary/aromatic N) is 3. The average Bonchev–Trinajstić information content (AvgIpc) is 2.82.